The van der Waals surface area contributed by atoms with Crippen molar-refractivity contribution in [3.05, 3.63) is 41.0 Å². The van der Waals surface area contributed by atoms with Crippen LogP contribution in [0.3, 0.4) is 0 Å². The van der Waals surface area contributed by atoms with E-state index in [1.807, 2.05) is 6.92 Å². The molecule has 0 radical (unpaired) electrons. The van der Waals surface area contributed by atoms with Gasteiger partial charge in [0.25, 0.3) is 0 Å². The van der Waals surface area contributed by atoms with Gasteiger partial charge in [-0.25, -0.2) is 14.2 Å². The number of aromatic carboxylic acids is 1. The van der Waals surface area contributed by atoms with Gasteiger partial charge in [-0.3, -0.25) is 0 Å². The lowest BCUT2D eigenvalue weighted by Crippen LogP contribution is -1.99. The van der Waals surface area contributed by atoms with Crippen LogP contribution in [-0.4, -0.2) is 20.4 Å². The summed E-state index contributed by atoms with van der Waals surface area (Å²) in [4.78, 5) is 15.1. The molecule has 0 fully saturated rings. The van der Waals surface area contributed by atoms with E-state index in [1.165, 1.54) is 41.5 Å². The zero-order chi connectivity index (χ0) is 13.8. The van der Waals surface area contributed by atoms with Crippen molar-refractivity contribution in [2.45, 2.75) is 23.4 Å². The van der Waals surface area contributed by atoms with E-state index < -0.39 is 11.8 Å². The molecule has 0 aliphatic carbocycles. The molecule has 0 amide bonds. The van der Waals surface area contributed by atoms with Gasteiger partial charge in [-0.2, -0.15) is 4.37 Å². The molecule has 2 aromatic rings. The third-order valence-corrected chi connectivity index (χ3v) is 4.33. The summed E-state index contributed by atoms with van der Waals surface area (Å²) < 4.78 is 18.5. The van der Waals surface area contributed by atoms with Crippen LogP contribution in [0.15, 0.2) is 22.5 Å². The number of aryl methyl sites for hydroxylation is 1. The van der Waals surface area contributed by atoms with Gasteiger partial charge >= 0.3 is 5.97 Å². The lowest BCUT2D eigenvalue weighted by molar-refractivity contribution is 0.0696. The highest BCUT2D eigenvalue weighted by Gasteiger charge is 2.10. The predicted octanol–water partition coefficient (Wildman–Crippen LogP) is 3.23. The molecule has 0 atom stereocenters. The highest BCUT2D eigenvalue weighted by molar-refractivity contribution is 8.00. The van der Waals surface area contributed by atoms with Crippen LogP contribution in [0.5, 0.6) is 0 Å². The Morgan fingerprint density at radius 3 is 2.95 bits per heavy atom. The number of carboxylic acids is 1. The number of thioether (sulfide) groups is 1. The summed E-state index contributed by atoms with van der Waals surface area (Å²) in [5.74, 6) is -0.355. The van der Waals surface area contributed by atoms with Gasteiger partial charge < -0.3 is 5.11 Å². The third kappa shape index (κ3) is 3.51. The zero-order valence-electron chi connectivity index (χ0n) is 10.1. The summed E-state index contributed by atoms with van der Waals surface area (Å²) >= 11 is 2.63. The summed E-state index contributed by atoms with van der Waals surface area (Å²) in [6.45, 7) is 1.96. The molecule has 1 aromatic heterocycles. The normalized spacial score (nSPS) is 10.6. The maximum atomic E-state index is 13.6. The van der Waals surface area contributed by atoms with Crippen LogP contribution in [0.25, 0.3) is 0 Å². The molecule has 4 nitrogen and oxygen atoms in total. The average Bonchev–Trinajstić information content (AvgIpc) is 2.85. The predicted molar refractivity (Wildman–Crippen MR) is 72.2 cm³/mol. The monoisotopic (exact) mass is 298 g/mol. The number of hydrogen-bond donors (Lipinski definition) is 1. The van der Waals surface area contributed by atoms with Gasteiger partial charge in [0, 0.05) is 12.2 Å². The van der Waals surface area contributed by atoms with Crippen LogP contribution in [-0.2, 0) is 12.2 Å². The molecule has 100 valence electrons. The fourth-order valence-electron chi connectivity index (χ4n) is 1.40. The van der Waals surface area contributed by atoms with E-state index in [0.717, 1.165) is 16.6 Å². The lowest BCUT2D eigenvalue weighted by atomic mass is 10.1. The van der Waals surface area contributed by atoms with Gasteiger partial charge in [0.15, 0.2) is 4.34 Å². The molecule has 0 spiro atoms. The highest BCUT2D eigenvalue weighted by Crippen LogP contribution is 2.26. The minimum atomic E-state index is -1.06. The average molecular weight is 298 g/mol. The Morgan fingerprint density at radius 1 is 1.53 bits per heavy atom. The summed E-state index contributed by atoms with van der Waals surface area (Å²) in [6, 6.07) is 3.79. The largest absolute Gasteiger partial charge is 0.478 e. The van der Waals surface area contributed by atoms with E-state index in [4.69, 9.17) is 5.11 Å². The van der Waals surface area contributed by atoms with Crippen LogP contribution in [0, 0.1) is 5.82 Å². The number of nitrogens with zero attached hydrogens (tertiary/aromatic N) is 2. The fourth-order valence-corrected chi connectivity index (χ4v) is 3.07. The SMILES string of the molecule is CCc1nsc(SCc2cc(C(=O)O)ccc2F)n1. The first kappa shape index (κ1) is 14.0. The zero-order valence-corrected chi connectivity index (χ0v) is 11.7. The first-order chi connectivity index (χ1) is 9.10. The smallest absolute Gasteiger partial charge is 0.335 e. The Hall–Kier alpha value is -1.47. The summed E-state index contributed by atoms with van der Waals surface area (Å²) in [5, 5.41) is 8.87. The first-order valence-electron chi connectivity index (χ1n) is 5.57. The quantitative estimate of drug-likeness (QED) is 0.859. The number of rotatable bonds is 5. The van der Waals surface area contributed by atoms with Gasteiger partial charge in [0.1, 0.15) is 11.6 Å². The van der Waals surface area contributed by atoms with Crippen LogP contribution in [0.1, 0.15) is 28.7 Å². The van der Waals surface area contributed by atoms with Gasteiger partial charge in [-0.1, -0.05) is 18.7 Å². The Bertz CT molecular complexity index is 601. The molecule has 1 aromatic carbocycles. The van der Waals surface area contributed by atoms with Gasteiger partial charge in [-0.05, 0) is 35.3 Å². The molecule has 0 aliphatic rings. The van der Waals surface area contributed by atoms with Crippen LogP contribution < -0.4 is 0 Å². The molecule has 0 bridgehead atoms. The standard InChI is InChI=1S/C12H11FN2O2S2/c1-2-10-14-12(19-15-10)18-6-8-5-7(11(16)17)3-4-9(8)13/h3-5H,2,6H2,1H3,(H,16,17). The number of benzene rings is 1. The molecule has 0 aliphatic heterocycles. The van der Waals surface area contributed by atoms with E-state index in [9.17, 15) is 9.18 Å². The Balaban J connectivity index is 2.10. The van der Waals surface area contributed by atoms with E-state index in [2.05, 4.69) is 9.36 Å². The summed E-state index contributed by atoms with van der Waals surface area (Å²) in [7, 11) is 0. The van der Waals surface area contributed by atoms with Crippen molar-refractivity contribution >= 4 is 29.3 Å². The second-order valence-electron chi connectivity index (χ2n) is 3.73. The molecule has 19 heavy (non-hydrogen) atoms. The maximum absolute atomic E-state index is 13.6. The number of hydrogen-bond acceptors (Lipinski definition) is 5. The molecular formula is C12H11FN2O2S2. The highest BCUT2D eigenvalue weighted by atomic mass is 32.2. The van der Waals surface area contributed by atoms with Crippen molar-refractivity contribution in [2.75, 3.05) is 0 Å². The van der Waals surface area contributed by atoms with Crippen LogP contribution in [0.4, 0.5) is 4.39 Å². The number of halogens is 1. The second kappa shape index (κ2) is 6.12. The van der Waals surface area contributed by atoms with Gasteiger partial charge in [0.2, 0.25) is 0 Å². The molecule has 0 saturated heterocycles. The van der Waals surface area contributed by atoms with Crippen molar-refractivity contribution in [2.24, 2.45) is 0 Å². The van der Waals surface area contributed by atoms with Gasteiger partial charge in [-0.15, -0.1) is 0 Å². The molecule has 1 heterocycles. The molecule has 0 unspecified atom stereocenters. The summed E-state index contributed by atoms with van der Waals surface area (Å²) in [6.07, 6.45) is 0.764. The fraction of sp³-hybridized carbons (Fsp3) is 0.250. The second-order valence-corrected chi connectivity index (χ2v) is 5.70. The maximum Gasteiger partial charge on any atom is 0.335 e. The minimum Gasteiger partial charge on any atom is -0.478 e. The van der Waals surface area contributed by atoms with E-state index in [1.54, 1.807) is 0 Å². The Labute approximate surface area is 117 Å². The number of aromatic nitrogens is 2. The van der Waals surface area contributed by atoms with Crippen molar-refractivity contribution in [3.8, 4) is 0 Å². The molecule has 0 saturated carbocycles. The van der Waals surface area contributed by atoms with Crippen molar-refractivity contribution in [1.29, 1.82) is 0 Å². The third-order valence-electron chi connectivity index (χ3n) is 2.41. The van der Waals surface area contributed by atoms with E-state index in [0.29, 0.717) is 11.3 Å². The molecule has 1 N–H and O–H groups in total. The van der Waals surface area contributed by atoms with Crippen molar-refractivity contribution in [1.82, 2.24) is 9.36 Å². The Kier molecular flexibility index (Phi) is 4.49. The van der Waals surface area contributed by atoms with Crippen molar-refractivity contribution in [3.63, 3.8) is 0 Å². The van der Waals surface area contributed by atoms with E-state index >= 15 is 0 Å². The topological polar surface area (TPSA) is 63.1 Å². The number of carboxylic acid groups (broad SMARTS) is 1. The molecular weight excluding hydrogens is 287 g/mol. The Morgan fingerprint density at radius 2 is 2.32 bits per heavy atom. The van der Waals surface area contributed by atoms with Crippen molar-refractivity contribution < 1.29 is 14.3 Å². The minimum absolute atomic E-state index is 0.0866. The molecule has 7 heteroatoms. The lowest BCUT2D eigenvalue weighted by Gasteiger charge is -2.02. The number of carbonyl (C=O) groups is 1. The van der Waals surface area contributed by atoms with Crippen LogP contribution in [0.2, 0.25) is 0 Å². The van der Waals surface area contributed by atoms with Crippen LogP contribution >= 0.6 is 23.3 Å². The van der Waals surface area contributed by atoms with Gasteiger partial charge in [0.05, 0.1) is 5.56 Å². The molecule has 2 rings (SSSR count). The summed E-state index contributed by atoms with van der Waals surface area (Å²) in [5.41, 5.74) is 0.446. The van der Waals surface area contributed by atoms with E-state index in [-0.39, 0.29) is 5.56 Å². The first-order valence-corrected chi connectivity index (χ1v) is 7.33.